The van der Waals surface area contributed by atoms with E-state index in [0.29, 0.717) is 23.5 Å². The zero-order valence-electron chi connectivity index (χ0n) is 16.7. The molecule has 1 saturated heterocycles. The van der Waals surface area contributed by atoms with Gasteiger partial charge in [-0.25, -0.2) is 4.68 Å². The van der Waals surface area contributed by atoms with E-state index in [-0.39, 0.29) is 24.2 Å². The van der Waals surface area contributed by atoms with Gasteiger partial charge < -0.3 is 14.2 Å². The largest absolute Gasteiger partial charge is 0.480 e. The maximum atomic E-state index is 13.9. The highest BCUT2D eigenvalue weighted by Gasteiger charge is 2.42. The Bertz CT molecular complexity index is 1080. The van der Waals surface area contributed by atoms with Crippen molar-refractivity contribution in [2.45, 2.75) is 24.9 Å². The standard InChI is InChI=1S/C18H19F3N8O2/c1-27-10-22-26-16(27)11-4-3-7-28(9-11)17(30)12-8-23-29(15(12)18(19,20)21)13-5-6-14(31-2)25-24-13/h5-6,8,10-11H,3-4,7,9H2,1-2H3/t11-/m1/s1. The smallest absolute Gasteiger partial charge is 0.434 e. The Labute approximate surface area is 174 Å². The van der Waals surface area contributed by atoms with E-state index < -0.39 is 23.3 Å². The van der Waals surface area contributed by atoms with E-state index in [0.717, 1.165) is 12.6 Å². The number of ether oxygens (including phenoxy) is 1. The van der Waals surface area contributed by atoms with Gasteiger partial charge in [-0.15, -0.1) is 20.4 Å². The quantitative estimate of drug-likeness (QED) is 0.615. The molecule has 0 unspecified atom stereocenters. The van der Waals surface area contributed by atoms with Gasteiger partial charge in [-0.2, -0.15) is 18.3 Å². The number of amides is 1. The average Bonchev–Trinajstić information content (AvgIpc) is 3.40. The highest BCUT2D eigenvalue weighted by Crippen LogP contribution is 2.35. The van der Waals surface area contributed by atoms with Crippen molar-refractivity contribution >= 4 is 5.91 Å². The van der Waals surface area contributed by atoms with Crippen molar-refractivity contribution in [3.63, 3.8) is 0 Å². The Morgan fingerprint density at radius 1 is 1.23 bits per heavy atom. The first-order chi connectivity index (χ1) is 14.8. The van der Waals surface area contributed by atoms with Crippen LogP contribution in [0.1, 0.15) is 40.6 Å². The SMILES string of the molecule is COc1ccc(-n2ncc(C(=O)N3CCC[C@@H](c4nncn4C)C3)c2C(F)(F)F)nn1. The van der Waals surface area contributed by atoms with Crippen molar-refractivity contribution in [3.8, 4) is 11.7 Å². The molecule has 1 aliphatic heterocycles. The zero-order valence-corrected chi connectivity index (χ0v) is 16.7. The minimum absolute atomic E-state index is 0.109. The second-order valence-corrected chi connectivity index (χ2v) is 7.14. The fourth-order valence-electron chi connectivity index (χ4n) is 3.69. The molecule has 0 N–H and O–H groups in total. The molecular formula is C18H19F3N8O2. The number of hydrogen-bond acceptors (Lipinski definition) is 7. The maximum Gasteiger partial charge on any atom is 0.434 e. The Morgan fingerprint density at radius 3 is 2.65 bits per heavy atom. The number of alkyl halides is 3. The summed E-state index contributed by atoms with van der Waals surface area (Å²) in [6.45, 7) is 0.591. The second kappa shape index (κ2) is 7.96. The lowest BCUT2D eigenvalue weighted by molar-refractivity contribution is -0.143. The van der Waals surface area contributed by atoms with E-state index in [1.54, 1.807) is 17.9 Å². The van der Waals surface area contributed by atoms with Crippen molar-refractivity contribution in [1.82, 2.24) is 39.6 Å². The summed E-state index contributed by atoms with van der Waals surface area (Å²) >= 11 is 0. The zero-order chi connectivity index (χ0) is 22.2. The number of halogens is 3. The third-order valence-corrected chi connectivity index (χ3v) is 5.14. The van der Waals surface area contributed by atoms with Crippen molar-refractivity contribution in [2.75, 3.05) is 20.2 Å². The molecule has 0 aliphatic carbocycles. The Balaban J connectivity index is 1.66. The summed E-state index contributed by atoms with van der Waals surface area (Å²) in [5, 5.41) is 19.1. The van der Waals surface area contributed by atoms with Gasteiger partial charge in [0.1, 0.15) is 12.2 Å². The van der Waals surface area contributed by atoms with Crippen LogP contribution in [0.4, 0.5) is 13.2 Å². The van der Waals surface area contributed by atoms with E-state index in [2.05, 4.69) is 25.5 Å². The number of aryl methyl sites for hydroxylation is 1. The summed E-state index contributed by atoms with van der Waals surface area (Å²) in [6.07, 6.45) is -0.950. The van der Waals surface area contributed by atoms with Gasteiger partial charge in [0, 0.05) is 32.1 Å². The van der Waals surface area contributed by atoms with Gasteiger partial charge in [-0.1, -0.05) is 0 Å². The Kier molecular flexibility index (Phi) is 5.33. The molecule has 4 rings (SSSR count). The highest BCUT2D eigenvalue weighted by atomic mass is 19.4. The molecule has 1 atom stereocenters. The van der Waals surface area contributed by atoms with Crippen LogP contribution in [0.2, 0.25) is 0 Å². The van der Waals surface area contributed by atoms with Gasteiger partial charge >= 0.3 is 6.18 Å². The molecule has 0 aromatic carbocycles. The number of carbonyl (C=O) groups is 1. The van der Waals surface area contributed by atoms with Crippen LogP contribution in [0.15, 0.2) is 24.7 Å². The summed E-state index contributed by atoms with van der Waals surface area (Å²) in [4.78, 5) is 14.5. The molecular weight excluding hydrogens is 417 g/mol. The lowest BCUT2D eigenvalue weighted by atomic mass is 9.96. The van der Waals surface area contributed by atoms with Crippen LogP contribution in [0.3, 0.4) is 0 Å². The normalized spacial score (nSPS) is 17.1. The third-order valence-electron chi connectivity index (χ3n) is 5.14. The molecule has 0 spiro atoms. The van der Waals surface area contributed by atoms with Crippen LogP contribution in [-0.4, -0.2) is 65.7 Å². The first-order valence-electron chi connectivity index (χ1n) is 9.46. The molecule has 164 valence electrons. The van der Waals surface area contributed by atoms with Gasteiger partial charge in [0.15, 0.2) is 11.5 Å². The van der Waals surface area contributed by atoms with Crippen molar-refractivity contribution in [3.05, 3.63) is 41.7 Å². The van der Waals surface area contributed by atoms with Gasteiger partial charge in [0.25, 0.3) is 5.91 Å². The minimum Gasteiger partial charge on any atom is -0.480 e. The summed E-state index contributed by atoms with van der Waals surface area (Å²) in [7, 11) is 3.15. The molecule has 0 bridgehead atoms. The summed E-state index contributed by atoms with van der Waals surface area (Å²) in [5.41, 5.74) is -1.73. The topological polar surface area (TPSA) is 104 Å². The lowest BCUT2D eigenvalue weighted by Crippen LogP contribution is -2.40. The predicted octanol–water partition coefficient (Wildman–Crippen LogP) is 1.84. The van der Waals surface area contributed by atoms with Crippen LogP contribution in [0.5, 0.6) is 5.88 Å². The van der Waals surface area contributed by atoms with Crippen LogP contribution in [-0.2, 0) is 13.2 Å². The monoisotopic (exact) mass is 436 g/mol. The van der Waals surface area contributed by atoms with E-state index in [1.807, 2.05) is 0 Å². The molecule has 4 heterocycles. The number of piperidine rings is 1. The summed E-state index contributed by atoms with van der Waals surface area (Å²) in [6, 6.07) is 2.65. The molecule has 1 fully saturated rings. The molecule has 10 nitrogen and oxygen atoms in total. The number of nitrogens with zero attached hydrogens (tertiary/aromatic N) is 8. The van der Waals surface area contributed by atoms with Crippen LogP contribution in [0, 0.1) is 0 Å². The van der Waals surface area contributed by atoms with E-state index in [1.165, 1.54) is 24.1 Å². The van der Waals surface area contributed by atoms with Gasteiger partial charge in [0.05, 0.1) is 18.9 Å². The summed E-state index contributed by atoms with van der Waals surface area (Å²) in [5.74, 6) is -0.196. The second-order valence-electron chi connectivity index (χ2n) is 7.14. The van der Waals surface area contributed by atoms with Crippen LogP contribution < -0.4 is 4.74 Å². The van der Waals surface area contributed by atoms with E-state index in [9.17, 15) is 18.0 Å². The molecule has 1 amide bonds. The van der Waals surface area contributed by atoms with Gasteiger partial charge in [-0.3, -0.25) is 4.79 Å². The van der Waals surface area contributed by atoms with Crippen molar-refractivity contribution < 1.29 is 22.7 Å². The Morgan fingerprint density at radius 2 is 2.03 bits per heavy atom. The molecule has 0 saturated carbocycles. The fourth-order valence-corrected chi connectivity index (χ4v) is 3.69. The number of carbonyl (C=O) groups excluding carboxylic acids is 1. The number of methoxy groups -OCH3 is 1. The first-order valence-corrected chi connectivity index (χ1v) is 9.46. The lowest BCUT2D eigenvalue weighted by Gasteiger charge is -2.32. The third kappa shape index (κ3) is 3.94. The molecule has 13 heteroatoms. The van der Waals surface area contributed by atoms with Crippen molar-refractivity contribution in [2.24, 2.45) is 7.05 Å². The van der Waals surface area contributed by atoms with E-state index in [4.69, 9.17) is 4.74 Å². The number of likely N-dealkylation sites (tertiary alicyclic amines) is 1. The van der Waals surface area contributed by atoms with Gasteiger partial charge in [0.2, 0.25) is 5.88 Å². The maximum absolute atomic E-state index is 13.9. The van der Waals surface area contributed by atoms with E-state index >= 15 is 0 Å². The van der Waals surface area contributed by atoms with Crippen LogP contribution >= 0.6 is 0 Å². The highest BCUT2D eigenvalue weighted by molar-refractivity contribution is 5.95. The predicted molar refractivity (Wildman–Crippen MR) is 99.6 cm³/mol. The fraction of sp³-hybridized carbons (Fsp3) is 0.444. The number of aromatic nitrogens is 7. The molecule has 3 aromatic rings. The Hall–Kier alpha value is -3.51. The molecule has 0 radical (unpaired) electrons. The van der Waals surface area contributed by atoms with Crippen LogP contribution in [0.25, 0.3) is 5.82 Å². The van der Waals surface area contributed by atoms with Gasteiger partial charge in [-0.05, 0) is 18.9 Å². The summed E-state index contributed by atoms with van der Waals surface area (Å²) < 4.78 is 49.0. The average molecular weight is 436 g/mol. The number of rotatable bonds is 4. The van der Waals surface area contributed by atoms with Crippen molar-refractivity contribution in [1.29, 1.82) is 0 Å². The molecule has 1 aliphatic rings. The first kappa shape index (κ1) is 20.8. The minimum atomic E-state index is -4.83. The number of hydrogen-bond donors (Lipinski definition) is 0. The molecule has 3 aromatic heterocycles. The molecule has 31 heavy (non-hydrogen) atoms.